The number of para-hydroxylation sites is 1. The number of nitrogens with zero attached hydrogens (tertiary/aromatic N) is 2. The van der Waals surface area contributed by atoms with Crippen molar-refractivity contribution in [2.24, 2.45) is 5.10 Å². The molecule has 4 aromatic rings. The van der Waals surface area contributed by atoms with E-state index in [1.54, 1.807) is 91.9 Å². The van der Waals surface area contributed by atoms with E-state index in [1.165, 1.54) is 37.1 Å². The number of methoxy groups -OCH3 is 2. The third-order valence-corrected chi connectivity index (χ3v) is 8.22. The molecule has 3 N–H and O–H groups in total. The van der Waals surface area contributed by atoms with Gasteiger partial charge in [0.25, 0.3) is 17.7 Å². The molecule has 0 fully saturated rings. The van der Waals surface area contributed by atoms with E-state index in [2.05, 4.69) is 21.1 Å². The number of hydrogen-bond acceptors (Lipinski definition) is 8. The van der Waals surface area contributed by atoms with Crippen LogP contribution >= 0.6 is 11.8 Å². The number of hydrazone groups is 1. The second kappa shape index (κ2) is 15.6. The van der Waals surface area contributed by atoms with Gasteiger partial charge in [-0.3, -0.25) is 19.2 Å². The Morgan fingerprint density at radius 1 is 0.875 bits per heavy atom. The highest BCUT2D eigenvalue weighted by Gasteiger charge is 2.27. The molecule has 5 rings (SSSR count). The molecule has 0 aliphatic carbocycles. The number of amidine groups is 1. The summed E-state index contributed by atoms with van der Waals surface area (Å²) in [6.07, 6.45) is 1.53. The molecule has 0 spiro atoms. The van der Waals surface area contributed by atoms with Gasteiger partial charge in [0, 0.05) is 27.8 Å². The maximum Gasteiger partial charge on any atom is 0.272 e. The lowest BCUT2D eigenvalue weighted by atomic mass is 10.1. The molecule has 1 aliphatic heterocycles. The van der Waals surface area contributed by atoms with Crippen molar-refractivity contribution in [2.75, 3.05) is 24.5 Å². The Kier molecular flexibility index (Phi) is 10.9. The van der Waals surface area contributed by atoms with Crippen LogP contribution < -0.4 is 30.4 Å². The SMILES string of the molecule is COc1ccc(/C=C(\NC(=O)c2ccccc2)C(=O)Nc2ccc(SC(C)C(=O)NC3=NN(c4ccccc4)C(=O)C3)cc2)c(OC)c1. The van der Waals surface area contributed by atoms with Gasteiger partial charge in [0.05, 0.1) is 31.6 Å². The molecule has 0 bridgehead atoms. The van der Waals surface area contributed by atoms with E-state index in [9.17, 15) is 19.2 Å². The highest BCUT2D eigenvalue weighted by Crippen LogP contribution is 2.28. The van der Waals surface area contributed by atoms with Crippen LogP contribution in [-0.4, -0.2) is 48.9 Å². The number of amides is 4. The molecule has 0 saturated carbocycles. The van der Waals surface area contributed by atoms with Crippen LogP contribution in [0.2, 0.25) is 0 Å². The van der Waals surface area contributed by atoms with Crippen LogP contribution in [0.3, 0.4) is 0 Å². The molecule has 4 amide bonds. The van der Waals surface area contributed by atoms with Crippen LogP contribution in [0, 0.1) is 0 Å². The summed E-state index contributed by atoms with van der Waals surface area (Å²) in [5, 5.41) is 13.3. The molecule has 1 aliphatic rings. The number of hydrogen-bond donors (Lipinski definition) is 3. The van der Waals surface area contributed by atoms with E-state index in [0.29, 0.717) is 34.0 Å². The molecular formula is C36H33N5O6S. The van der Waals surface area contributed by atoms with Crippen molar-refractivity contribution in [3.63, 3.8) is 0 Å². The highest BCUT2D eigenvalue weighted by molar-refractivity contribution is 8.00. The summed E-state index contributed by atoms with van der Waals surface area (Å²) in [5.41, 5.74) is 2.04. The number of rotatable bonds is 11. The van der Waals surface area contributed by atoms with Crippen LogP contribution in [0.1, 0.15) is 29.3 Å². The molecule has 11 nitrogen and oxygen atoms in total. The quantitative estimate of drug-likeness (QED) is 0.143. The predicted octanol–water partition coefficient (Wildman–Crippen LogP) is 5.46. The third kappa shape index (κ3) is 8.47. The van der Waals surface area contributed by atoms with Gasteiger partial charge in [0.15, 0.2) is 0 Å². The van der Waals surface area contributed by atoms with Crippen molar-refractivity contribution in [1.82, 2.24) is 10.6 Å². The number of anilines is 2. The fraction of sp³-hybridized carbons (Fsp3) is 0.139. The molecule has 12 heteroatoms. The molecule has 0 saturated heterocycles. The fourth-order valence-corrected chi connectivity index (χ4v) is 5.49. The Balaban J connectivity index is 1.25. The second-order valence-electron chi connectivity index (χ2n) is 10.5. The smallest absolute Gasteiger partial charge is 0.272 e. The lowest BCUT2D eigenvalue weighted by Gasteiger charge is -2.14. The second-order valence-corrected chi connectivity index (χ2v) is 11.9. The van der Waals surface area contributed by atoms with Crippen molar-refractivity contribution >= 4 is 58.7 Å². The molecule has 0 aromatic heterocycles. The summed E-state index contributed by atoms with van der Waals surface area (Å²) in [4.78, 5) is 52.6. The number of thioether (sulfide) groups is 1. The predicted molar refractivity (Wildman–Crippen MR) is 186 cm³/mol. The van der Waals surface area contributed by atoms with Gasteiger partial charge in [-0.25, -0.2) is 0 Å². The average molecular weight is 664 g/mol. The molecule has 1 atom stereocenters. The first-order chi connectivity index (χ1) is 23.2. The van der Waals surface area contributed by atoms with Gasteiger partial charge in [-0.2, -0.15) is 10.1 Å². The fourth-order valence-electron chi connectivity index (χ4n) is 4.62. The number of carbonyl (C=O) groups is 4. The maximum absolute atomic E-state index is 13.5. The number of ether oxygens (including phenoxy) is 2. The van der Waals surface area contributed by atoms with Crippen LogP contribution in [0.25, 0.3) is 6.08 Å². The molecule has 48 heavy (non-hydrogen) atoms. The zero-order valence-electron chi connectivity index (χ0n) is 26.4. The average Bonchev–Trinajstić information content (AvgIpc) is 3.48. The molecular weight excluding hydrogens is 630 g/mol. The van der Waals surface area contributed by atoms with Crippen molar-refractivity contribution in [2.45, 2.75) is 23.5 Å². The topological polar surface area (TPSA) is 138 Å². The lowest BCUT2D eigenvalue weighted by Crippen LogP contribution is -2.35. The summed E-state index contributed by atoms with van der Waals surface area (Å²) in [6.45, 7) is 1.75. The molecule has 1 unspecified atom stereocenters. The first kappa shape index (κ1) is 33.5. The van der Waals surface area contributed by atoms with Crippen LogP contribution in [0.4, 0.5) is 11.4 Å². The number of carbonyl (C=O) groups excluding carboxylic acids is 4. The minimum atomic E-state index is -0.554. The zero-order chi connectivity index (χ0) is 34.0. The van der Waals surface area contributed by atoms with E-state index in [1.807, 2.05) is 18.2 Å². The molecule has 4 aromatic carbocycles. The number of nitrogens with one attached hydrogen (secondary N) is 3. The van der Waals surface area contributed by atoms with E-state index in [4.69, 9.17) is 9.47 Å². The normalized spacial score (nSPS) is 13.3. The minimum absolute atomic E-state index is 0.0000998. The van der Waals surface area contributed by atoms with Crippen molar-refractivity contribution in [3.8, 4) is 11.5 Å². The van der Waals surface area contributed by atoms with Crippen LogP contribution in [0.15, 0.2) is 119 Å². The van der Waals surface area contributed by atoms with Gasteiger partial charge in [-0.05, 0) is 73.7 Å². The zero-order valence-corrected chi connectivity index (χ0v) is 27.2. The third-order valence-electron chi connectivity index (χ3n) is 7.11. The van der Waals surface area contributed by atoms with Gasteiger partial charge in [-0.1, -0.05) is 36.4 Å². The van der Waals surface area contributed by atoms with E-state index in [0.717, 1.165) is 4.90 Å². The van der Waals surface area contributed by atoms with Gasteiger partial charge >= 0.3 is 0 Å². The molecule has 1 heterocycles. The van der Waals surface area contributed by atoms with E-state index < -0.39 is 17.1 Å². The summed E-state index contributed by atoms with van der Waals surface area (Å²) < 4.78 is 10.8. The largest absolute Gasteiger partial charge is 0.497 e. The first-order valence-corrected chi connectivity index (χ1v) is 15.8. The first-order valence-electron chi connectivity index (χ1n) is 14.9. The van der Waals surface area contributed by atoms with Gasteiger partial charge in [0.2, 0.25) is 5.91 Å². The highest BCUT2D eigenvalue weighted by atomic mass is 32.2. The Morgan fingerprint density at radius 3 is 2.23 bits per heavy atom. The van der Waals surface area contributed by atoms with E-state index in [-0.39, 0.29) is 29.8 Å². The summed E-state index contributed by atoms with van der Waals surface area (Å²) in [7, 11) is 3.04. The maximum atomic E-state index is 13.5. The van der Waals surface area contributed by atoms with E-state index >= 15 is 0 Å². The van der Waals surface area contributed by atoms with Crippen molar-refractivity contribution in [3.05, 3.63) is 120 Å². The summed E-state index contributed by atoms with van der Waals surface area (Å²) >= 11 is 1.31. The van der Waals surface area contributed by atoms with Crippen molar-refractivity contribution in [1.29, 1.82) is 0 Å². The van der Waals surface area contributed by atoms with Gasteiger partial charge < -0.3 is 25.4 Å². The Bertz CT molecular complexity index is 1860. The Morgan fingerprint density at radius 2 is 1.56 bits per heavy atom. The lowest BCUT2D eigenvalue weighted by molar-refractivity contribution is -0.119. The van der Waals surface area contributed by atoms with Crippen LogP contribution in [0.5, 0.6) is 11.5 Å². The Labute approximate surface area is 282 Å². The van der Waals surface area contributed by atoms with Gasteiger partial charge in [0.1, 0.15) is 23.0 Å². The summed E-state index contributed by atoms with van der Waals surface area (Å²) in [6, 6.07) is 29.6. The monoisotopic (exact) mass is 663 g/mol. The Hall–Kier alpha value is -5.88. The number of benzene rings is 4. The minimum Gasteiger partial charge on any atom is -0.497 e. The molecule has 244 valence electrons. The van der Waals surface area contributed by atoms with Crippen LogP contribution in [-0.2, 0) is 14.4 Å². The molecule has 0 radical (unpaired) electrons. The standard InChI is InChI=1S/C36H33N5O6S/c1-23(34(43)39-32-22-33(42)41(40-32)27-12-8-5-9-13-27)48-29-18-15-26(16-19-29)37-36(45)30(38-35(44)24-10-6-4-7-11-24)20-25-14-17-28(46-2)21-31(25)47-3/h4-21,23H,22H2,1-3H3,(H,37,45)(H,38,44)(H,39,40,43)/b30-20-. The van der Waals surface area contributed by atoms with Gasteiger partial charge in [-0.15, -0.1) is 11.8 Å². The summed E-state index contributed by atoms with van der Waals surface area (Å²) in [5.74, 6) is -0.217. The van der Waals surface area contributed by atoms with Crippen molar-refractivity contribution < 1.29 is 28.7 Å².